The van der Waals surface area contributed by atoms with Crippen molar-refractivity contribution in [2.45, 2.75) is 46.2 Å². The molecule has 0 saturated heterocycles. The zero-order valence-corrected chi connectivity index (χ0v) is 9.70. The highest BCUT2D eigenvalue weighted by atomic mass is 16.3. The summed E-state index contributed by atoms with van der Waals surface area (Å²) in [7, 11) is 0. The van der Waals surface area contributed by atoms with Gasteiger partial charge < -0.3 is 9.32 Å². The summed E-state index contributed by atoms with van der Waals surface area (Å²) < 4.78 is 5.68. The summed E-state index contributed by atoms with van der Waals surface area (Å²) in [6, 6.07) is 2.13. The number of carbonyl (C=O) groups is 1. The Bertz CT molecular complexity index is 390. The number of carbonyl (C=O) groups excluding carboxylic acids is 1. The summed E-state index contributed by atoms with van der Waals surface area (Å²) in [5.74, 6) is 2.20. The lowest BCUT2D eigenvalue weighted by Gasteiger charge is -2.19. The summed E-state index contributed by atoms with van der Waals surface area (Å²) in [6.07, 6.45) is 0. The molecule has 0 unspecified atom stereocenters. The Morgan fingerprint density at radius 1 is 1.33 bits per heavy atom. The first-order valence-electron chi connectivity index (χ1n) is 5.44. The third-order valence-corrected chi connectivity index (χ3v) is 2.83. The molecule has 82 valence electrons. The Labute approximate surface area is 90.1 Å². The van der Waals surface area contributed by atoms with E-state index >= 15 is 0 Å². The van der Waals surface area contributed by atoms with Gasteiger partial charge in [-0.2, -0.15) is 0 Å². The van der Waals surface area contributed by atoms with Gasteiger partial charge in [0.15, 0.2) is 0 Å². The summed E-state index contributed by atoms with van der Waals surface area (Å²) in [5, 5.41) is 0. The Morgan fingerprint density at radius 3 is 2.47 bits per heavy atom. The smallest absolute Gasteiger partial charge is 0.258 e. The lowest BCUT2D eigenvalue weighted by Crippen LogP contribution is -2.31. The highest BCUT2D eigenvalue weighted by Crippen LogP contribution is 2.30. The number of fused-ring (bicyclic) bond motifs is 1. The molecule has 0 aliphatic carbocycles. The number of furan rings is 1. The predicted octanol–water partition coefficient (Wildman–Crippen LogP) is 2.77. The van der Waals surface area contributed by atoms with E-state index in [-0.39, 0.29) is 11.9 Å². The van der Waals surface area contributed by atoms with Gasteiger partial charge in [0.2, 0.25) is 0 Å². The topological polar surface area (TPSA) is 33.5 Å². The second-order valence-electron chi connectivity index (χ2n) is 4.67. The van der Waals surface area contributed by atoms with E-state index in [0.29, 0.717) is 12.5 Å². The fourth-order valence-electron chi connectivity index (χ4n) is 1.83. The summed E-state index contributed by atoms with van der Waals surface area (Å²) in [5.41, 5.74) is 0.757. The summed E-state index contributed by atoms with van der Waals surface area (Å²) in [6.45, 7) is 8.80. The van der Waals surface area contributed by atoms with Crippen LogP contribution in [0.4, 0.5) is 0 Å². The molecule has 0 saturated carbocycles. The molecule has 0 fully saturated rings. The van der Waals surface area contributed by atoms with Crippen molar-refractivity contribution in [3.8, 4) is 0 Å². The van der Waals surface area contributed by atoms with Crippen molar-refractivity contribution in [2.24, 2.45) is 0 Å². The lowest BCUT2D eigenvalue weighted by atomic mass is 10.1. The van der Waals surface area contributed by atoms with Gasteiger partial charge in [0.1, 0.15) is 11.5 Å². The van der Waals surface area contributed by atoms with Gasteiger partial charge in [0, 0.05) is 12.0 Å². The van der Waals surface area contributed by atoms with Crippen molar-refractivity contribution in [1.29, 1.82) is 0 Å². The monoisotopic (exact) mass is 207 g/mol. The van der Waals surface area contributed by atoms with Crippen LogP contribution in [0.25, 0.3) is 0 Å². The van der Waals surface area contributed by atoms with Crippen molar-refractivity contribution in [2.75, 3.05) is 0 Å². The van der Waals surface area contributed by atoms with E-state index < -0.39 is 0 Å². The van der Waals surface area contributed by atoms with Crippen molar-refractivity contribution in [1.82, 2.24) is 4.90 Å². The van der Waals surface area contributed by atoms with E-state index in [1.807, 2.05) is 24.8 Å². The minimum atomic E-state index is 0.107. The molecular weight excluding hydrogens is 190 g/mol. The van der Waals surface area contributed by atoms with E-state index in [1.54, 1.807) is 0 Å². The van der Waals surface area contributed by atoms with Gasteiger partial charge in [-0.05, 0) is 19.9 Å². The molecular formula is C12H17NO2. The number of nitrogens with zero attached hydrogens (tertiary/aromatic N) is 1. The van der Waals surface area contributed by atoms with Gasteiger partial charge in [-0.1, -0.05) is 13.8 Å². The van der Waals surface area contributed by atoms with Crippen LogP contribution in [0.15, 0.2) is 10.5 Å². The zero-order chi connectivity index (χ0) is 11.2. The molecule has 3 heteroatoms. The molecule has 0 aromatic carbocycles. The maximum atomic E-state index is 11.9. The second-order valence-corrected chi connectivity index (χ2v) is 4.67. The lowest BCUT2D eigenvalue weighted by molar-refractivity contribution is 0.0724. The number of amides is 1. The third kappa shape index (κ3) is 1.56. The first-order chi connectivity index (χ1) is 7.00. The van der Waals surface area contributed by atoms with Crippen molar-refractivity contribution in [3.63, 3.8) is 0 Å². The number of hydrogen-bond donors (Lipinski definition) is 0. The molecule has 0 atom stereocenters. The Kier molecular flexibility index (Phi) is 2.33. The highest BCUT2D eigenvalue weighted by Gasteiger charge is 2.33. The normalized spacial score (nSPS) is 15.6. The third-order valence-electron chi connectivity index (χ3n) is 2.83. The van der Waals surface area contributed by atoms with Crippen LogP contribution in [-0.4, -0.2) is 16.8 Å². The second kappa shape index (κ2) is 3.40. The van der Waals surface area contributed by atoms with Crippen LogP contribution < -0.4 is 0 Å². The van der Waals surface area contributed by atoms with Crippen LogP contribution in [0.1, 0.15) is 55.5 Å². The minimum Gasteiger partial charge on any atom is -0.463 e. The van der Waals surface area contributed by atoms with Gasteiger partial charge in [0.25, 0.3) is 5.91 Å². The van der Waals surface area contributed by atoms with Gasteiger partial charge in [-0.25, -0.2) is 0 Å². The van der Waals surface area contributed by atoms with Gasteiger partial charge >= 0.3 is 0 Å². The maximum absolute atomic E-state index is 11.9. The van der Waals surface area contributed by atoms with Crippen LogP contribution >= 0.6 is 0 Å². The van der Waals surface area contributed by atoms with E-state index in [0.717, 1.165) is 17.1 Å². The standard InChI is InChI=1S/C12H17NO2/c1-7(2)10-5-9-11(15-10)6-13(8(3)4)12(9)14/h5,7-8H,6H2,1-4H3. The quantitative estimate of drug-likeness (QED) is 0.747. The van der Waals surface area contributed by atoms with E-state index in [2.05, 4.69) is 13.8 Å². The SMILES string of the molecule is CC(C)c1cc2c(o1)CN(C(C)C)C2=O. The molecule has 0 N–H and O–H groups in total. The molecule has 0 spiro atoms. The molecule has 0 bridgehead atoms. The van der Waals surface area contributed by atoms with Gasteiger partial charge in [0.05, 0.1) is 12.1 Å². The Morgan fingerprint density at radius 2 is 2.00 bits per heavy atom. The molecule has 1 aromatic heterocycles. The Hall–Kier alpha value is -1.25. The molecule has 1 aliphatic rings. The predicted molar refractivity (Wildman–Crippen MR) is 57.8 cm³/mol. The molecule has 2 heterocycles. The number of hydrogen-bond acceptors (Lipinski definition) is 2. The van der Waals surface area contributed by atoms with Crippen LogP contribution in [-0.2, 0) is 6.54 Å². The van der Waals surface area contributed by atoms with E-state index in [1.165, 1.54) is 0 Å². The van der Waals surface area contributed by atoms with Crippen LogP contribution in [0.2, 0.25) is 0 Å². The first kappa shape index (κ1) is 10.3. The van der Waals surface area contributed by atoms with Gasteiger partial charge in [-0.3, -0.25) is 4.79 Å². The fourth-order valence-corrected chi connectivity index (χ4v) is 1.83. The zero-order valence-electron chi connectivity index (χ0n) is 9.70. The summed E-state index contributed by atoms with van der Waals surface area (Å²) in [4.78, 5) is 13.8. The molecule has 3 nitrogen and oxygen atoms in total. The average Bonchev–Trinajstić information content (AvgIpc) is 2.65. The van der Waals surface area contributed by atoms with Crippen molar-refractivity contribution < 1.29 is 9.21 Å². The van der Waals surface area contributed by atoms with Crippen molar-refractivity contribution in [3.05, 3.63) is 23.2 Å². The summed E-state index contributed by atoms with van der Waals surface area (Å²) >= 11 is 0. The van der Waals surface area contributed by atoms with Gasteiger partial charge in [-0.15, -0.1) is 0 Å². The largest absolute Gasteiger partial charge is 0.463 e. The average molecular weight is 207 g/mol. The van der Waals surface area contributed by atoms with E-state index in [4.69, 9.17) is 4.42 Å². The molecule has 15 heavy (non-hydrogen) atoms. The molecule has 0 radical (unpaired) electrons. The maximum Gasteiger partial charge on any atom is 0.258 e. The van der Waals surface area contributed by atoms with Crippen LogP contribution in [0.5, 0.6) is 0 Å². The minimum absolute atomic E-state index is 0.107. The Balaban J connectivity index is 2.30. The molecule has 1 aromatic rings. The van der Waals surface area contributed by atoms with Crippen LogP contribution in [0.3, 0.4) is 0 Å². The molecule has 1 amide bonds. The van der Waals surface area contributed by atoms with Crippen LogP contribution in [0, 0.1) is 0 Å². The van der Waals surface area contributed by atoms with E-state index in [9.17, 15) is 4.79 Å². The van der Waals surface area contributed by atoms with Crippen molar-refractivity contribution >= 4 is 5.91 Å². The molecule has 2 rings (SSSR count). The number of rotatable bonds is 2. The highest BCUT2D eigenvalue weighted by molar-refractivity contribution is 5.98. The first-order valence-corrected chi connectivity index (χ1v) is 5.44. The molecule has 1 aliphatic heterocycles. The fraction of sp³-hybridized carbons (Fsp3) is 0.583.